The monoisotopic (exact) mass is 322 g/mol. The van der Waals surface area contributed by atoms with Crippen LogP contribution in [0.15, 0.2) is 12.1 Å². The van der Waals surface area contributed by atoms with E-state index in [9.17, 15) is 13.2 Å². The maximum absolute atomic E-state index is 12.1. The van der Waals surface area contributed by atoms with Crippen molar-refractivity contribution in [2.75, 3.05) is 19.3 Å². The average molecular weight is 323 g/mol. The number of nitrogens with zero attached hydrogens (tertiary/aromatic N) is 1. The number of halogens is 1. The van der Waals surface area contributed by atoms with Crippen molar-refractivity contribution >= 4 is 38.9 Å². The smallest absolute Gasteiger partial charge is 0.263 e. The number of nitrogens with one attached hydrogen (secondary N) is 1. The Balaban J connectivity index is 1.91. The second kappa shape index (κ2) is 5.78. The molecule has 0 aliphatic carbocycles. The Labute approximate surface area is 121 Å². The number of likely N-dealkylation sites (tertiary alicyclic amines) is 1. The fraction of sp³-hybridized carbons (Fsp3) is 0.545. The summed E-state index contributed by atoms with van der Waals surface area (Å²) in [6, 6.07) is 3.35. The minimum Gasteiger partial charge on any atom is -0.338 e. The molecule has 1 aliphatic heterocycles. The molecule has 0 saturated carbocycles. The standard InChI is InChI=1S/C11H15ClN2O3S2/c1-19(16,17)13-8-4-6-14(7-5-8)11(15)9-2-3-10(12)18-9/h2-3,8,13H,4-7H2,1H3. The van der Waals surface area contributed by atoms with Crippen molar-refractivity contribution in [3.05, 3.63) is 21.3 Å². The number of sulfonamides is 1. The molecular formula is C11H15ClN2O3S2. The van der Waals surface area contributed by atoms with Crippen LogP contribution in [0, 0.1) is 0 Å². The van der Waals surface area contributed by atoms with E-state index in [0.29, 0.717) is 35.1 Å². The molecule has 5 nitrogen and oxygen atoms in total. The van der Waals surface area contributed by atoms with Crippen LogP contribution in [0.3, 0.4) is 0 Å². The van der Waals surface area contributed by atoms with Gasteiger partial charge in [0.2, 0.25) is 10.0 Å². The Morgan fingerprint density at radius 3 is 2.53 bits per heavy atom. The third kappa shape index (κ3) is 4.17. The van der Waals surface area contributed by atoms with Crippen LogP contribution in [0.2, 0.25) is 4.34 Å². The summed E-state index contributed by atoms with van der Waals surface area (Å²) < 4.78 is 25.4. The van der Waals surface area contributed by atoms with E-state index in [4.69, 9.17) is 11.6 Å². The lowest BCUT2D eigenvalue weighted by Gasteiger charge is -2.31. The molecule has 0 radical (unpaired) electrons. The second-order valence-electron chi connectivity index (χ2n) is 4.56. The predicted molar refractivity (Wildman–Crippen MR) is 76.2 cm³/mol. The first-order valence-corrected chi connectivity index (χ1v) is 8.95. The Morgan fingerprint density at radius 2 is 2.05 bits per heavy atom. The van der Waals surface area contributed by atoms with Crippen molar-refractivity contribution in [1.29, 1.82) is 0 Å². The van der Waals surface area contributed by atoms with E-state index >= 15 is 0 Å². The first-order valence-electron chi connectivity index (χ1n) is 5.87. The topological polar surface area (TPSA) is 66.5 Å². The number of amides is 1. The normalized spacial score (nSPS) is 17.7. The molecule has 19 heavy (non-hydrogen) atoms. The molecule has 1 amide bonds. The molecule has 2 heterocycles. The zero-order valence-corrected chi connectivity index (χ0v) is 12.8. The van der Waals surface area contributed by atoms with E-state index in [1.807, 2.05) is 0 Å². The van der Waals surface area contributed by atoms with Crippen LogP contribution in [0.5, 0.6) is 0 Å². The Kier molecular flexibility index (Phi) is 4.50. The quantitative estimate of drug-likeness (QED) is 0.918. The number of piperidine rings is 1. The molecule has 0 unspecified atom stereocenters. The predicted octanol–water partition coefficient (Wildman–Crippen LogP) is 1.56. The van der Waals surface area contributed by atoms with Gasteiger partial charge in [0, 0.05) is 19.1 Å². The van der Waals surface area contributed by atoms with Gasteiger partial charge in [-0.25, -0.2) is 13.1 Å². The van der Waals surface area contributed by atoms with Crippen molar-refractivity contribution < 1.29 is 13.2 Å². The highest BCUT2D eigenvalue weighted by Gasteiger charge is 2.25. The summed E-state index contributed by atoms with van der Waals surface area (Å²) in [5, 5.41) is 0. The van der Waals surface area contributed by atoms with E-state index < -0.39 is 10.0 Å². The summed E-state index contributed by atoms with van der Waals surface area (Å²) in [7, 11) is -3.18. The first kappa shape index (κ1) is 14.8. The maximum atomic E-state index is 12.1. The number of carbonyl (C=O) groups is 1. The van der Waals surface area contributed by atoms with E-state index in [0.717, 1.165) is 6.26 Å². The molecule has 0 aromatic carbocycles. The van der Waals surface area contributed by atoms with E-state index in [2.05, 4.69) is 4.72 Å². The SMILES string of the molecule is CS(=O)(=O)NC1CCN(C(=O)c2ccc(Cl)s2)CC1. The summed E-state index contributed by atoms with van der Waals surface area (Å²) in [6.45, 7) is 1.11. The summed E-state index contributed by atoms with van der Waals surface area (Å²) in [4.78, 5) is 14.5. The van der Waals surface area contributed by atoms with Crippen molar-refractivity contribution in [3.8, 4) is 0 Å². The van der Waals surface area contributed by atoms with Crippen LogP contribution in [0.25, 0.3) is 0 Å². The number of rotatable bonds is 3. The van der Waals surface area contributed by atoms with E-state index in [1.165, 1.54) is 11.3 Å². The van der Waals surface area contributed by atoms with Crippen LogP contribution in [-0.2, 0) is 10.0 Å². The zero-order valence-electron chi connectivity index (χ0n) is 10.4. The zero-order chi connectivity index (χ0) is 14.0. The largest absolute Gasteiger partial charge is 0.338 e. The lowest BCUT2D eigenvalue weighted by Crippen LogP contribution is -2.46. The molecule has 1 aromatic rings. The highest BCUT2D eigenvalue weighted by Crippen LogP contribution is 2.24. The van der Waals surface area contributed by atoms with Gasteiger partial charge < -0.3 is 4.90 Å². The van der Waals surface area contributed by atoms with E-state index in [-0.39, 0.29) is 11.9 Å². The summed E-state index contributed by atoms with van der Waals surface area (Å²) in [5.74, 6) is -0.0327. The van der Waals surface area contributed by atoms with Gasteiger partial charge in [0.05, 0.1) is 15.5 Å². The molecule has 0 spiro atoms. The maximum Gasteiger partial charge on any atom is 0.263 e. The average Bonchev–Trinajstić information content (AvgIpc) is 2.74. The lowest BCUT2D eigenvalue weighted by molar-refractivity contribution is 0.0716. The molecule has 1 fully saturated rings. The number of hydrogen-bond acceptors (Lipinski definition) is 4. The van der Waals surface area contributed by atoms with Crippen LogP contribution in [0.4, 0.5) is 0 Å². The van der Waals surface area contributed by atoms with Gasteiger partial charge in [-0.05, 0) is 25.0 Å². The van der Waals surface area contributed by atoms with Crippen LogP contribution < -0.4 is 4.72 Å². The van der Waals surface area contributed by atoms with Gasteiger partial charge >= 0.3 is 0 Å². The van der Waals surface area contributed by atoms with Crippen molar-refractivity contribution in [2.45, 2.75) is 18.9 Å². The van der Waals surface area contributed by atoms with Crippen molar-refractivity contribution in [1.82, 2.24) is 9.62 Å². The van der Waals surface area contributed by atoms with Gasteiger partial charge in [-0.1, -0.05) is 11.6 Å². The molecule has 8 heteroatoms. The summed E-state index contributed by atoms with van der Waals surface area (Å²) in [6.07, 6.45) is 2.42. The Morgan fingerprint density at radius 1 is 1.42 bits per heavy atom. The lowest BCUT2D eigenvalue weighted by atomic mass is 10.1. The molecule has 2 rings (SSSR count). The Bertz CT molecular complexity index is 562. The fourth-order valence-electron chi connectivity index (χ4n) is 2.09. The van der Waals surface area contributed by atoms with Crippen molar-refractivity contribution in [2.24, 2.45) is 0 Å². The molecule has 106 valence electrons. The minimum atomic E-state index is -3.18. The number of thiophene rings is 1. The van der Waals surface area contributed by atoms with E-state index in [1.54, 1.807) is 17.0 Å². The van der Waals surface area contributed by atoms with Crippen molar-refractivity contribution in [3.63, 3.8) is 0 Å². The highest BCUT2D eigenvalue weighted by atomic mass is 35.5. The summed E-state index contributed by atoms with van der Waals surface area (Å²) in [5.41, 5.74) is 0. The summed E-state index contributed by atoms with van der Waals surface area (Å²) >= 11 is 7.07. The second-order valence-corrected chi connectivity index (χ2v) is 8.06. The number of carbonyl (C=O) groups excluding carboxylic acids is 1. The van der Waals surface area contributed by atoms with Gasteiger partial charge in [0.15, 0.2) is 0 Å². The Hall–Kier alpha value is -0.630. The van der Waals surface area contributed by atoms with Gasteiger partial charge in [0.25, 0.3) is 5.91 Å². The van der Waals surface area contributed by atoms with Crippen LogP contribution >= 0.6 is 22.9 Å². The van der Waals surface area contributed by atoms with Crippen LogP contribution in [-0.4, -0.2) is 44.6 Å². The fourth-order valence-corrected chi connectivity index (χ4v) is 3.94. The molecule has 0 atom stereocenters. The highest BCUT2D eigenvalue weighted by molar-refractivity contribution is 7.88. The minimum absolute atomic E-state index is 0.0327. The number of hydrogen-bond donors (Lipinski definition) is 1. The molecule has 0 bridgehead atoms. The molecule has 1 saturated heterocycles. The van der Waals surface area contributed by atoms with Crippen LogP contribution in [0.1, 0.15) is 22.5 Å². The molecule has 1 N–H and O–H groups in total. The molecular weight excluding hydrogens is 308 g/mol. The molecule has 1 aliphatic rings. The van der Waals surface area contributed by atoms with Gasteiger partial charge in [0.1, 0.15) is 0 Å². The van der Waals surface area contributed by atoms with Gasteiger partial charge in [-0.15, -0.1) is 11.3 Å². The third-order valence-electron chi connectivity index (χ3n) is 2.95. The first-order chi connectivity index (χ1) is 8.85. The molecule has 1 aromatic heterocycles. The van der Waals surface area contributed by atoms with Gasteiger partial charge in [-0.3, -0.25) is 4.79 Å². The third-order valence-corrected chi connectivity index (χ3v) is 4.93. The van der Waals surface area contributed by atoms with Gasteiger partial charge in [-0.2, -0.15) is 0 Å².